The molecular weight excluding hydrogens is 139 g/mol. The summed E-state index contributed by atoms with van der Waals surface area (Å²) in [6, 6.07) is 0. The van der Waals surface area contributed by atoms with Crippen LogP contribution in [-0.2, 0) is 12.8 Å². The SMILES string of the molecule is [Na+].[S-]N1NC=CS1. The Labute approximate surface area is 74.7 Å². The third-order valence-electron chi connectivity index (χ3n) is 0.405. The molecule has 0 bridgehead atoms. The maximum Gasteiger partial charge on any atom is 1.00 e. The van der Waals surface area contributed by atoms with Crippen molar-refractivity contribution in [1.29, 1.82) is 0 Å². The molecule has 0 aromatic rings. The summed E-state index contributed by atoms with van der Waals surface area (Å²) in [6.45, 7) is 0. The number of hydrogen-bond donors (Lipinski definition) is 1. The van der Waals surface area contributed by atoms with Crippen molar-refractivity contribution in [2.24, 2.45) is 0 Å². The molecule has 0 spiro atoms. The molecule has 1 aliphatic rings. The molecule has 1 heterocycles. The van der Waals surface area contributed by atoms with Crippen LogP contribution in [0.15, 0.2) is 11.6 Å². The molecule has 0 amide bonds. The quantitative estimate of drug-likeness (QED) is 0.226. The van der Waals surface area contributed by atoms with Gasteiger partial charge in [0, 0.05) is 11.6 Å². The zero-order valence-corrected chi connectivity index (χ0v) is 7.55. The molecule has 0 atom stereocenters. The van der Waals surface area contributed by atoms with Crippen LogP contribution in [0.25, 0.3) is 0 Å². The summed E-state index contributed by atoms with van der Waals surface area (Å²) in [7, 11) is 0. The third kappa shape index (κ3) is 2.90. The van der Waals surface area contributed by atoms with Gasteiger partial charge in [-0.25, -0.2) is 0 Å². The first-order chi connectivity index (χ1) is 2.89. The van der Waals surface area contributed by atoms with Crippen LogP contribution in [0.5, 0.6) is 0 Å². The largest absolute Gasteiger partial charge is 1.00 e. The van der Waals surface area contributed by atoms with Gasteiger partial charge in [0.25, 0.3) is 0 Å². The zero-order chi connectivity index (χ0) is 4.41. The van der Waals surface area contributed by atoms with E-state index < -0.39 is 0 Å². The fraction of sp³-hybridized carbons (Fsp3) is 0. The molecule has 0 saturated heterocycles. The molecule has 2 nitrogen and oxygen atoms in total. The van der Waals surface area contributed by atoms with E-state index in [1.54, 1.807) is 6.20 Å². The van der Waals surface area contributed by atoms with Gasteiger partial charge in [0.15, 0.2) is 0 Å². The Morgan fingerprint density at radius 1 is 1.71 bits per heavy atom. The molecule has 5 heteroatoms. The van der Waals surface area contributed by atoms with E-state index in [1.807, 2.05) is 5.41 Å². The van der Waals surface area contributed by atoms with Crippen LogP contribution in [0.1, 0.15) is 0 Å². The number of nitrogens with one attached hydrogen (secondary N) is 1. The average molecular weight is 142 g/mol. The van der Waals surface area contributed by atoms with Crippen LogP contribution >= 0.6 is 11.9 Å². The van der Waals surface area contributed by atoms with Gasteiger partial charge in [-0.2, -0.15) is 0 Å². The summed E-state index contributed by atoms with van der Waals surface area (Å²) < 4.78 is 1.50. The molecule has 0 unspecified atom stereocenters. The van der Waals surface area contributed by atoms with E-state index in [0.717, 1.165) is 0 Å². The van der Waals surface area contributed by atoms with Gasteiger partial charge in [0.1, 0.15) is 0 Å². The molecule has 0 fully saturated rings. The molecule has 0 saturated carbocycles. The second-order valence-corrected chi connectivity index (χ2v) is 2.24. The Morgan fingerprint density at radius 3 is 2.57 bits per heavy atom. The van der Waals surface area contributed by atoms with E-state index in [-0.39, 0.29) is 29.6 Å². The summed E-state index contributed by atoms with van der Waals surface area (Å²) in [4.78, 5) is 0. The fourth-order valence-electron chi connectivity index (χ4n) is 0.207. The van der Waals surface area contributed by atoms with Gasteiger partial charge in [-0.05, 0) is 0 Å². The van der Waals surface area contributed by atoms with Crippen molar-refractivity contribution in [2.45, 2.75) is 0 Å². The van der Waals surface area contributed by atoms with Crippen molar-refractivity contribution in [3.8, 4) is 0 Å². The van der Waals surface area contributed by atoms with Crippen LogP contribution in [0.2, 0.25) is 0 Å². The Hall–Kier alpha value is 1.20. The predicted octanol–water partition coefficient (Wildman–Crippen LogP) is -2.61. The van der Waals surface area contributed by atoms with Gasteiger partial charge in [0.2, 0.25) is 0 Å². The molecule has 0 aromatic carbocycles. The average Bonchev–Trinajstić information content (AvgIpc) is 1.86. The number of hydrogen-bond acceptors (Lipinski definition) is 4. The minimum Gasteiger partial charge on any atom is -0.664 e. The summed E-state index contributed by atoms with van der Waals surface area (Å²) in [5, 5.41) is 1.88. The molecule has 1 rings (SSSR count). The first kappa shape index (κ1) is 8.20. The van der Waals surface area contributed by atoms with Crippen LogP contribution in [0, 0.1) is 0 Å². The van der Waals surface area contributed by atoms with Gasteiger partial charge in [-0.1, -0.05) is 11.9 Å². The minimum atomic E-state index is 0. The van der Waals surface area contributed by atoms with Gasteiger partial charge in [-0.3, -0.25) is 0 Å². The molecule has 7 heavy (non-hydrogen) atoms. The molecule has 34 valence electrons. The zero-order valence-electron chi connectivity index (χ0n) is 3.92. The summed E-state index contributed by atoms with van der Waals surface area (Å²) >= 11 is 6.08. The van der Waals surface area contributed by atoms with Crippen molar-refractivity contribution in [3.05, 3.63) is 11.6 Å². The Balaban J connectivity index is 0.000000360. The maximum atomic E-state index is 4.62. The first-order valence-corrected chi connectivity index (χ1v) is 2.65. The van der Waals surface area contributed by atoms with Gasteiger partial charge >= 0.3 is 29.6 Å². The summed E-state index contributed by atoms with van der Waals surface area (Å²) in [5.41, 5.74) is 2.75. The van der Waals surface area contributed by atoms with Crippen LogP contribution < -0.4 is 35.0 Å². The second-order valence-electron chi connectivity index (χ2n) is 0.794. The van der Waals surface area contributed by atoms with E-state index in [9.17, 15) is 0 Å². The Bertz CT molecular complexity index is 68.1. The standard InChI is InChI=1S/C2H3N2S2.Na/c5-4-3-1-2-6-4;/h1-3H;/q-1;+1. The monoisotopic (exact) mass is 142 g/mol. The number of nitrogens with zero attached hydrogens (tertiary/aromatic N) is 1. The van der Waals surface area contributed by atoms with Crippen molar-refractivity contribution in [2.75, 3.05) is 0 Å². The van der Waals surface area contributed by atoms with E-state index in [0.29, 0.717) is 0 Å². The smallest absolute Gasteiger partial charge is 0.664 e. The van der Waals surface area contributed by atoms with E-state index in [1.165, 1.54) is 15.8 Å². The number of rotatable bonds is 0. The van der Waals surface area contributed by atoms with Crippen molar-refractivity contribution in [3.63, 3.8) is 0 Å². The van der Waals surface area contributed by atoms with Gasteiger partial charge in [-0.15, -0.1) is 0 Å². The normalized spacial score (nSPS) is 18.4. The third-order valence-corrected chi connectivity index (χ3v) is 1.32. The number of hydrazine groups is 1. The van der Waals surface area contributed by atoms with E-state index in [2.05, 4.69) is 18.2 Å². The molecule has 0 aromatic heterocycles. The van der Waals surface area contributed by atoms with Crippen molar-refractivity contribution in [1.82, 2.24) is 9.25 Å². The van der Waals surface area contributed by atoms with Crippen LogP contribution in [-0.4, -0.2) is 3.82 Å². The van der Waals surface area contributed by atoms with Crippen LogP contribution in [0.4, 0.5) is 0 Å². The summed E-state index contributed by atoms with van der Waals surface area (Å²) in [5.74, 6) is 0. The van der Waals surface area contributed by atoms with E-state index >= 15 is 0 Å². The van der Waals surface area contributed by atoms with Gasteiger partial charge < -0.3 is 22.1 Å². The predicted molar refractivity (Wildman–Crippen MR) is 29.1 cm³/mol. The van der Waals surface area contributed by atoms with E-state index in [4.69, 9.17) is 0 Å². The maximum absolute atomic E-state index is 4.62. The fourth-order valence-corrected chi connectivity index (χ4v) is 0.771. The minimum absolute atomic E-state index is 0. The molecular formula is C2H3N2NaS2. The van der Waals surface area contributed by atoms with Crippen LogP contribution in [0.3, 0.4) is 0 Å². The topological polar surface area (TPSA) is 15.3 Å². The Kier molecular flexibility index (Phi) is 4.82. The molecule has 1 N–H and O–H groups in total. The van der Waals surface area contributed by atoms with Crippen molar-refractivity contribution >= 4 is 24.8 Å². The van der Waals surface area contributed by atoms with Crippen molar-refractivity contribution < 1.29 is 29.6 Å². The van der Waals surface area contributed by atoms with Gasteiger partial charge in [0.05, 0.1) is 0 Å². The Morgan fingerprint density at radius 2 is 2.43 bits per heavy atom. The second kappa shape index (κ2) is 4.12. The summed E-state index contributed by atoms with van der Waals surface area (Å²) in [6.07, 6.45) is 1.79. The molecule has 1 aliphatic heterocycles. The molecule has 0 radical (unpaired) electrons. The first-order valence-electron chi connectivity index (χ1n) is 1.45. The molecule has 0 aliphatic carbocycles.